The molecular weight excluding hydrogens is 440 g/mol. The van der Waals surface area contributed by atoms with Gasteiger partial charge in [0.25, 0.3) is 0 Å². The summed E-state index contributed by atoms with van der Waals surface area (Å²) in [5.41, 5.74) is 15.5. The Morgan fingerprint density at radius 3 is 1.70 bits per heavy atom. The topological polar surface area (TPSA) is 237 Å². The van der Waals surface area contributed by atoms with Crippen molar-refractivity contribution in [2.45, 2.75) is 43.4 Å². The minimum absolute atomic E-state index is 0.0207. The van der Waals surface area contributed by atoms with Crippen molar-refractivity contribution in [2.24, 2.45) is 17.2 Å². The van der Waals surface area contributed by atoms with Crippen LogP contribution in [0.4, 0.5) is 0 Å². The fourth-order valence-corrected chi connectivity index (χ4v) is 2.48. The first-order valence-electron chi connectivity index (χ1n) is 8.60. The van der Waals surface area contributed by atoms with Crippen molar-refractivity contribution in [3.63, 3.8) is 0 Å². The Morgan fingerprint density at radius 2 is 1.27 bits per heavy atom. The number of thiol groups is 2. The molecule has 0 aromatic carbocycles. The molecule has 5 amide bonds. The second kappa shape index (κ2) is 13.7. The second-order valence-corrected chi connectivity index (χ2v) is 6.90. The first-order valence-corrected chi connectivity index (χ1v) is 9.87. The third kappa shape index (κ3) is 10.3. The second-order valence-electron chi connectivity index (χ2n) is 6.17. The zero-order valence-corrected chi connectivity index (χ0v) is 17.7. The Bertz CT molecular complexity index is 678. The van der Waals surface area contributed by atoms with E-state index in [1.165, 1.54) is 0 Å². The van der Waals surface area contributed by atoms with Crippen LogP contribution in [0.5, 0.6) is 0 Å². The molecule has 0 aliphatic heterocycles. The van der Waals surface area contributed by atoms with Gasteiger partial charge in [0.1, 0.15) is 18.1 Å². The van der Waals surface area contributed by atoms with Crippen molar-refractivity contribution in [3.05, 3.63) is 0 Å². The lowest BCUT2D eigenvalue weighted by Crippen LogP contribution is -2.58. The fraction of sp³-hybridized carbons (Fsp3) is 0.600. The summed E-state index contributed by atoms with van der Waals surface area (Å²) in [6.07, 6.45) is -1.26. The number of hydrogen-bond donors (Lipinski definition) is 9. The number of rotatable bonds is 14. The quantitative estimate of drug-likeness (QED) is 0.114. The highest BCUT2D eigenvalue weighted by Gasteiger charge is 2.30. The Labute approximate surface area is 183 Å². The van der Waals surface area contributed by atoms with Crippen LogP contribution < -0.4 is 33.2 Å². The lowest BCUT2D eigenvalue weighted by Gasteiger charge is -2.24. The molecule has 0 saturated heterocycles. The summed E-state index contributed by atoms with van der Waals surface area (Å²) < 4.78 is 0. The molecule has 0 bridgehead atoms. The number of aliphatic carboxylic acids is 1. The van der Waals surface area contributed by atoms with Crippen LogP contribution in [-0.4, -0.2) is 76.3 Å². The number of carbonyl (C=O) groups excluding carboxylic acids is 5. The predicted molar refractivity (Wildman–Crippen MR) is 111 cm³/mol. The molecule has 13 nitrogen and oxygen atoms in total. The van der Waals surface area contributed by atoms with Crippen LogP contribution in [0.15, 0.2) is 0 Å². The number of carboxylic acids is 1. The number of carbonyl (C=O) groups is 6. The van der Waals surface area contributed by atoms with E-state index in [1.54, 1.807) is 0 Å². The van der Waals surface area contributed by atoms with Crippen LogP contribution >= 0.6 is 25.3 Å². The first-order chi connectivity index (χ1) is 13.9. The van der Waals surface area contributed by atoms with Gasteiger partial charge >= 0.3 is 5.97 Å². The van der Waals surface area contributed by atoms with Gasteiger partial charge in [-0.25, -0.2) is 4.79 Å². The van der Waals surface area contributed by atoms with Gasteiger partial charge in [0, 0.05) is 17.9 Å². The Kier molecular flexibility index (Phi) is 12.5. The van der Waals surface area contributed by atoms with Gasteiger partial charge in [0.2, 0.25) is 29.5 Å². The average Bonchev–Trinajstić information content (AvgIpc) is 2.66. The summed E-state index contributed by atoms with van der Waals surface area (Å²) in [6, 6.07) is -5.20. The normalized spacial score (nSPS) is 14.5. The molecule has 10 N–H and O–H groups in total. The van der Waals surface area contributed by atoms with Crippen molar-refractivity contribution >= 4 is 60.8 Å². The zero-order chi connectivity index (χ0) is 23.4. The average molecular weight is 467 g/mol. The van der Waals surface area contributed by atoms with Crippen molar-refractivity contribution in [3.8, 4) is 0 Å². The molecule has 170 valence electrons. The maximum atomic E-state index is 12.5. The van der Waals surface area contributed by atoms with E-state index in [9.17, 15) is 28.8 Å². The smallest absolute Gasteiger partial charge is 0.326 e. The first kappa shape index (κ1) is 27.5. The zero-order valence-electron chi connectivity index (χ0n) is 15.9. The van der Waals surface area contributed by atoms with E-state index in [0.717, 1.165) is 0 Å². The molecule has 0 saturated carbocycles. The number of amides is 5. The summed E-state index contributed by atoms with van der Waals surface area (Å²) >= 11 is 7.84. The summed E-state index contributed by atoms with van der Waals surface area (Å²) in [5, 5.41) is 15.8. The van der Waals surface area contributed by atoms with E-state index in [2.05, 4.69) is 41.2 Å². The minimum Gasteiger partial charge on any atom is -0.480 e. The Balaban J connectivity index is 5.34. The van der Waals surface area contributed by atoms with Gasteiger partial charge in [-0.2, -0.15) is 25.3 Å². The predicted octanol–water partition coefficient (Wildman–Crippen LogP) is -4.15. The van der Waals surface area contributed by atoms with Crippen LogP contribution in [-0.2, 0) is 28.8 Å². The molecular formula is C15H26N6O7S2. The molecule has 0 aromatic rings. The van der Waals surface area contributed by atoms with Gasteiger partial charge in [-0.05, 0) is 6.42 Å². The van der Waals surface area contributed by atoms with Crippen LogP contribution in [0, 0.1) is 0 Å². The molecule has 4 atom stereocenters. The highest BCUT2D eigenvalue weighted by molar-refractivity contribution is 7.80. The highest BCUT2D eigenvalue weighted by Crippen LogP contribution is 2.02. The number of nitrogens with one attached hydrogen (secondary N) is 3. The molecule has 0 rings (SSSR count). The maximum absolute atomic E-state index is 12.5. The van der Waals surface area contributed by atoms with Gasteiger partial charge in [-0.1, -0.05) is 0 Å². The molecule has 0 aromatic heterocycles. The molecule has 0 radical (unpaired) electrons. The van der Waals surface area contributed by atoms with Crippen molar-refractivity contribution < 1.29 is 33.9 Å². The van der Waals surface area contributed by atoms with E-state index in [1.807, 2.05) is 0 Å². The summed E-state index contributed by atoms with van der Waals surface area (Å²) in [4.78, 5) is 70.0. The van der Waals surface area contributed by atoms with Crippen LogP contribution in [0.3, 0.4) is 0 Å². The van der Waals surface area contributed by atoms with Crippen molar-refractivity contribution in [2.75, 3.05) is 11.5 Å². The van der Waals surface area contributed by atoms with Crippen LogP contribution in [0.1, 0.15) is 19.3 Å². The van der Waals surface area contributed by atoms with E-state index in [4.69, 9.17) is 22.3 Å². The van der Waals surface area contributed by atoms with Gasteiger partial charge in [-0.15, -0.1) is 0 Å². The summed E-state index contributed by atoms with van der Waals surface area (Å²) in [5.74, 6) is -5.90. The monoisotopic (exact) mass is 466 g/mol. The molecule has 4 unspecified atom stereocenters. The van der Waals surface area contributed by atoms with Gasteiger partial charge < -0.3 is 38.3 Å². The summed E-state index contributed by atoms with van der Waals surface area (Å²) in [7, 11) is 0. The third-order valence-corrected chi connectivity index (χ3v) is 4.44. The minimum atomic E-state index is -1.64. The van der Waals surface area contributed by atoms with Crippen LogP contribution in [0.2, 0.25) is 0 Å². The number of nitrogens with two attached hydrogens (primary N) is 3. The Hall–Kier alpha value is -2.52. The fourth-order valence-electron chi connectivity index (χ4n) is 2.06. The van der Waals surface area contributed by atoms with Crippen molar-refractivity contribution in [1.29, 1.82) is 0 Å². The van der Waals surface area contributed by atoms with Gasteiger partial charge in [-0.3, -0.25) is 24.0 Å². The summed E-state index contributed by atoms with van der Waals surface area (Å²) in [6.45, 7) is 0. The SMILES string of the molecule is NC(=O)CCC(NC(=O)C(CS)NC(=O)C(N)CS)C(=O)NC(CC(N)=O)C(=O)O. The third-order valence-electron chi connectivity index (χ3n) is 3.68. The van der Waals surface area contributed by atoms with Crippen LogP contribution in [0.25, 0.3) is 0 Å². The lowest BCUT2D eigenvalue weighted by molar-refractivity contribution is -0.144. The number of carboxylic acid groups (broad SMARTS) is 1. The highest BCUT2D eigenvalue weighted by atomic mass is 32.1. The van der Waals surface area contributed by atoms with E-state index >= 15 is 0 Å². The van der Waals surface area contributed by atoms with E-state index in [-0.39, 0.29) is 24.3 Å². The standard InChI is InChI=1S/C15H26N6O7S2/c16-6(4-29)12(24)21-9(5-30)14(26)19-7(1-2-10(17)22)13(25)20-8(15(27)28)3-11(18)23/h6-9,29-30H,1-5,16H2,(H2,17,22)(H2,18,23)(H,19,26)(H,20,25)(H,21,24)(H,27,28). The molecule has 30 heavy (non-hydrogen) atoms. The molecule has 15 heteroatoms. The van der Waals surface area contributed by atoms with Gasteiger partial charge in [0.05, 0.1) is 12.5 Å². The molecule has 0 heterocycles. The van der Waals surface area contributed by atoms with E-state index < -0.39 is 66.1 Å². The van der Waals surface area contributed by atoms with Crippen molar-refractivity contribution in [1.82, 2.24) is 16.0 Å². The largest absolute Gasteiger partial charge is 0.480 e. The number of primary amides is 2. The molecule has 0 aliphatic rings. The molecule has 0 spiro atoms. The molecule has 0 aliphatic carbocycles. The molecule has 0 fully saturated rings. The lowest BCUT2D eigenvalue weighted by atomic mass is 10.1. The number of hydrogen-bond acceptors (Lipinski definition) is 9. The Morgan fingerprint density at radius 1 is 0.767 bits per heavy atom. The maximum Gasteiger partial charge on any atom is 0.326 e. The van der Waals surface area contributed by atoms with E-state index in [0.29, 0.717) is 0 Å². The van der Waals surface area contributed by atoms with Gasteiger partial charge in [0.15, 0.2) is 0 Å².